The van der Waals surface area contributed by atoms with Crippen LogP contribution in [0.3, 0.4) is 0 Å². The van der Waals surface area contributed by atoms with Crippen molar-refractivity contribution in [1.82, 2.24) is 9.38 Å². The van der Waals surface area contributed by atoms with E-state index in [4.69, 9.17) is 10.8 Å². The van der Waals surface area contributed by atoms with Gasteiger partial charge in [-0.05, 0) is 25.5 Å². The summed E-state index contributed by atoms with van der Waals surface area (Å²) in [6, 6.07) is 3.33. The van der Waals surface area contributed by atoms with E-state index < -0.39 is 12.0 Å². The van der Waals surface area contributed by atoms with Crippen LogP contribution in [0.5, 0.6) is 0 Å². The lowest BCUT2D eigenvalue weighted by molar-refractivity contribution is -0.137. The maximum absolute atomic E-state index is 10.7. The van der Waals surface area contributed by atoms with E-state index in [1.165, 1.54) is 0 Å². The Morgan fingerprint density at radius 1 is 1.53 bits per heavy atom. The second-order valence-corrected chi connectivity index (χ2v) is 4.22. The third-order valence-electron chi connectivity index (χ3n) is 2.73. The first-order chi connectivity index (χ1) is 7.99. The molecular weight excluding hydrogens is 218 g/mol. The molecular formula is C12H15N3O2. The molecule has 3 N–H and O–H groups in total. The van der Waals surface area contributed by atoms with Crippen LogP contribution >= 0.6 is 0 Å². The van der Waals surface area contributed by atoms with E-state index >= 15 is 0 Å². The van der Waals surface area contributed by atoms with Crippen LogP contribution in [0.25, 0.3) is 5.65 Å². The van der Waals surface area contributed by atoms with Crippen LogP contribution in [0.2, 0.25) is 0 Å². The van der Waals surface area contributed by atoms with E-state index in [-0.39, 0.29) is 6.42 Å². The number of aliphatic carboxylic acids is 1. The molecule has 0 radical (unpaired) electrons. The van der Waals surface area contributed by atoms with Crippen molar-refractivity contribution in [3.05, 3.63) is 35.3 Å². The number of imidazole rings is 1. The maximum atomic E-state index is 10.7. The number of pyridine rings is 1. The van der Waals surface area contributed by atoms with Crippen molar-refractivity contribution in [3.63, 3.8) is 0 Å². The highest BCUT2D eigenvalue weighted by atomic mass is 16.4. The van der Waals surface area contributed by atoms with Gasteiger partial charge in [0, 0.05) is 6.20 Å². The fourth-order valence-electron chi connectivity index (χ4n) is 2.02. The quantitative estimate of drug-likeness (QED) is 0.840. The molecule has 0 spiro atoms. The Kier molecular flexibility index (Phi) is 2.85. The molecule has 17 heavy (non-hydrogen) atoms. The third-order valence-corrected chi connectivity index (χ3v) is 2.73. The molecule has 1 atom stereocenters. The molecule has 2 aromatic rings. The molecule has 0 fully saturated rings. The number of carboxylic acids is 1. The largest absolute Gasteiger partial charge is 0.481 e. The zero-order chi connectivity index (χ0) is 12.6. The molecule has 2 heterocycles. The van der Waals surface area contributed by atoms with Crippen molar-refractivity contribution in [2.75, 3.05) is 0 Å². The molecule has 0 saturated heterocycles. The fraction of sp³-hybridized carbons (Fsp3) is 0.333. The zero-order valence-electron chi connectivity index (χ0n) is 9.84. The number of rotatable bonds is 3. The lowest BCUT2D eigenvalue weighted by Gasteiger charge is -2.10. The molecule has 0 amide bonds. The number of nitrogens with two attached hydrogens (primary N) is 1. The van der Waals surface area contributed by atoms with Crippen LogP contribution in [0.1, 0.15) is 29.4 Å². The van der Waals surface area contributed by atoms with E-state index in [9.17, 15) is 4.79 Å². The average molecular weight is 233 g/mol. The molecule has 1 unspecified atom stereocenters. The highest BCUT2D eigenvalue weighted by Gasteiger charge is 2.18. The molecule has 5 nitrogen and oxygen atoms in total. The molecule has 2 rings (SSSR count). The minimum Gasteiger partial charge on any atom is -0.481 e. The summed E-state index contributed by atoms with van der Waals surface area (Å²) in [5.41, 5.74) is 9.34. The van der Waals surface area contributed by atoms with Crippen molar-refractivity contribution < 1.29 is 9.90 Å². The second kappa shape index (κ2) is 4.18. The SMILES string of the molecule is Cc1ccc2nc(C)c(C(N)CC(=O)O)n2c1. The van der Waals surface area contributed by atoms with Crippen LogP contribution in [-0.2, 0) is 4.79 Å². The second-order valence-electron chi connectivity index (χ2n) is 4.22. The average Bonchev–Trinajstić information content (AvgIpc) is 2.52. The Morgan fingerprint density at radius 3 is 2.88 bits per heavy atom. The summed E-state index contributed by atoms with van der Waals surface area (Å²) in [4.78, 5) is 15.1. The number of aromatic nitrogens is 2. The first-order valence-electron chi connectivity index (χ1n) is 5.41. The minimum absolute atomic E-state index is 0.0947. The van der Waals surface area contributed by atoms with Crippen molar-refractivity contribution in [1.29, 1.82) is 0 Å². The van der Waals surface area contributed by atoms with Gasteiger partial charge >= 0.3 is 5.97 Å². The minimum atomic E-state index is -0.903. The van der Waals surface area contributed by atoms with Gasteiger partial charge in [0.05, 0.1) is 23.9 Å². The Bertz CT molecular complexity index is 574. The van der Waals surface area contributed by atoms with Crippen molar-refractivity contribution in [2.45, 2.75) is 26.3 Å². The number of hydrogen-bond donors (Lipinski definition) is 2. The summed E-state index contributed by atoms with van der Waals surface area (Å²) in [7, 11) is 0. The summed E-state index contributed by atoms with van der Waals surface area (Å²) in [6.45, 7) is 3.82. The van der Waals surface area contributed by atoms with Crippen LogP contribution < -0.4 is 5.73 Å². The number of carbonyl (C=O) groups is 1. The van der Waals surface area contributed by atoms with E-state index in [0.717, 1.165) is 22.6 Å². The number of aryl methyl sites for hydroxylation is 2. The van der Waals surface area contributed by atoms with E-state index in [1.807, 2.05) is 36.6 Å². The molecule has 0 aromatic carbocycles. The van der Waals surface area contributed by atoms with Gasteiger partial charge < -0.3 is 15.2 Å². The van der Waals surface area contributed by atoms with Crippen LogP contribution in [0.4, 0.5) is 0 Å². The normalized spacial score (nSPS) is 12.9. The van der Waals surface area contributed by atoms with Crippen LogP contribution in [0.15, 0.2) is 18.3 Å². The summed E-state index contributed by atoms with van der Waals surface area (Å²) in [5, 5.41) is 8.79. The molecule has 0 bridgehead atoms. The van der Waals surface area contributed by atoms with Crippen molar-refractivity contribution in [3.8, 4) is 0 Å². The number of fused-ring (bicyclic) bond motifs is 1. The smallest absolute Gasteiger partial charge is 0.305 e. The molecule has 0 saturated carbocycles. The van der Waals surface area contributed by atoms with Gasteiger partial charge in [-0.1, -0.05) is 6.07 Å². The Labute approximate surface area is 98.9 Å². The molecule has 5 heteroatoms. The van der Waals surface area contributed by atoms with Gasteiger partial charge in [-0.25, -0.2) is 4.98 Å². The molecule has 0 aliphatic heterocycles. The third kappa shape index (κ3) is 2.14. The van der Waals surface area contributed by atoms with Gasteiger partial charge in [0.1, 0.15) is 5.65 Å². The number of nitrogens with zero attached hydrogens (tertiary/aromatic N) is 2. The van der Waals surface area contributed by atoms with Crippen molar-refractivity contribution >= 4 is 11.6 Å². The van der Waals surface area contributed by atoms with Gasteiger partial charge in [0.2, 0.25) is 0 Å². The fourth-order valence-corrected chi connectivity index (χ4v) is 2.02. The molecule has 90 valence electrons. The van der Waals surface area contributed by atoms with E-state index in [1.54, 1.807) is 0 Å². The topological polar surface area (TPSA) is 80.6 Å². The highest BCUT2D eigenvalue weighted by Crippen LogP contribution is 2.20. The number of carboxylic acid groups (broad SMARTS) is 1. The summed E-state index contributed by atoms with van der Waals surface area (Å²) in [5.74, 6) is -0.903. The zero-order valence-corrected chi connectivity index (χ0v) is 9.84. The first-order valence-corrected chi connectivity index (χ1v) is 5.41. The first kappa shape index (κ1) is 11.6. The van der Waals surface area contributed by atoms with Gasteiger partial charge in [0.25, 0.3) is 0 Å². The van der Waals surface area contributed by atoms with Gasteiger partial charge in [-0.2, -0.15) is 0 Å². The summed E-state index contributed by atoms with van der Waals surface area (Å²) in [6.07, 6.45) is 1.83. The molecule has 0 aliphatic carbocycles. The molecule has 0 aliphatic rings. The van der Waals surface area contributed by atoms with Gasteiger partial charge in [0.15, 0.2) is 0 Å². The predicted molar refractivity (Wildman–Crippen MR) is 63.8 cm³/mol. The summed E-state index contributed by atoms with van der Waals surface area (Å²) < 4.78 is 1.87. The standard InChI is InChI=1S/C12H15N3O2/c1-7-3-4-10-14-8(2)12(15(10)6-7)9(13)5-11(16)17/h3-4,6,9H,5,13H2,1-2H3,(H,16,17). The van der Waals surface area contributed by atoms with Crippen LogP contribution in [-0.4, -0.2) is 20.5 Å². The Hall–Kier alpha value is -1.88. The molecule has 2 aromatic heterocycles. The predicted octanol–water partition coefficient (Wildman–Crippen LogP) is 1.43. The van der Waals surface area contributed by atoms with E-state index in [2.05, 4.69) is 4.98 Å². The number of hydrogen-bond acceptors (Lipinski definition) is 3. The monoisotopic (exact) mass is 233 g/mol. The van der Waals surface area contributed by atoms with Crippen molar-refractivity contribution in [2.24, 2.45) is 5.73 Å². The highest BCUT2D eigenvalue weighted by molar-refractivity contribution is 5.68. The Morgan fingerprint density at radius 2 is 2.24 bits per heavy atom. The van der Waals surface area contributed by atoms with Gasteiger partial charge in [-0.15, -0.1) is 0 Å². The summed E-state index contributed by atoms with van der Waals surface area (Å²) >= 11 is 0. The maximum Gasteiger partial charge on any atom is 0.305 e. The van der Waals surface area contributed by atoms with E-state index in [0.29, 0.717) is 0 Å². The lowest BCUT2D eigenvalue weighted by Crippen LogP contribution is -2.17. The Balaban J connectivity index is 2.55. The van der Waals surface area contributed by atoms with Crippen LogP contribution in [0, 0.1) is 13.8 Å². The van der Waals surface area contributed by atoms with Gasteiger partial charge in [-0.3, -0.25) is 4.79 Å². The lowest BCUT2D eigenvalue weighted by atomic mass is 10.1.